The van der Waals surface area contributed by atoms with Crippen LogP contribution in [0.2, 0.25) is 0 Å². The van der Waals surface area contributed by atoms with Gasteiger partial charge in [0, 0.05) is 30.1 Å². The Balaban J connectivity index is 0. The molecule has 0 aliphatic heterocycles. The second kappa shape index (κ2) is 19.1. The van der Waals surface area contributed by atoms with E-state index in [0.717, 1.165) is 14.6 Å². The average Bonchev–Trinajstić information content (AvgIpc) is 2.91. The van der Waals surface area contributed by atoms with Gasteiger partial charge in [-0.1, -0.05) is 45.7 Å². The summed E-state index contributed by atoms with van der Waals surface area (Å²) in [5.74, 6) is -0.847. The molecule has 1 N–H and O–H groups in total. The van der Waals surface area contributed by atoms with Gasteiger partial charge in [0.05, 0.1) is 31.0 Å². The number of carbonyl (C=O) groups is 4. The molecule has 0 spiro atoms. The summed E-state index contributed by atoms with van der Waals surface area (Å²) < 4.78 is 53.7. The van der Waals surface area contributed by atoms with E-state index in [1.165, 1.54) is 19.1 Å². The van der Waals surface area contributed by atoms with Crippen molar-refractivity contribution in [2.75, 3.05) is 38.5 Å². The number of anilines is 2. The summed E-state index contributed by atoms with van der Waals surface area (Å²) in [6.07, 6.45) is -6.24. The van der Waals surface area contributed by atoms with Crippen LogP contribution in [-0.2, 0) is 19.0 Å². The number of aldehydes is 1. The van der Waals surface area contributed by atoms with E-state index < -0.39 is 30.1 Å². The largest absolute Gasteiger partial charge is 0.465 e. The minimum atomic E-state index is -4.64. The van der Waals surface area contributed by atoms with Gasteiger partial charge in [0.1, 0.15) is 5.60 Å². The molecule has 0 saturated carbocycles. The molecule has 14 heteroatoms. The van der Waals surface area contributed by atoms with Crippen molar-refractivity contribution in [1.29, 1.82) is 0 Å². The first-order chi connectivity index (χ1) is 19.3. The zero-order chi connectivity index (χ0) is 33.3. The Labute approximate surface area is 256 Å². The minimum Gasteiger partial charge on any atom is -0.465 e. The van der Waals surface area contributed by atoms with E-state index >= 15 is 0 Å². The second-order valence-electron chi connectivity index (χ2n) is 8.28. The van der Waals surface area contributed by atoms with Crippen molar-refractivity contribution < 1.29 is 47.9 Å². The maximum absolute atomic E-state index is 12.1. The highest BCUT2D eigenvalue weighted by atomic mass is 79.9. The highest BCUT2D eigenvalue weighted by molar-refractivity contribution is 9.10. The third-order valence-corrected chi connectivity index (χ3v) is 5.17. The number of alkyl halides is 3. The van der Waals surface area contributed by atoms with Crippen molar-refractivity contribution in [3.8, 4) is 0 Å². The Kier molecular flexibility index (Phi) is 17.6. The molecule has 0 saturated heterocycles. The number of carbonyl (C=O) groups excluding carboxylic acids is 4. The molecule has 0 unspecified atom stereocenters. The number of nitrogens with zero attached hydrogens (tertiary/aromatic N) is 1. The van der Waals surface area contributed by atoms with Gasteiger partial charge in [-0.2, -0.15) is 13.2 Å². The summed E-state index contributed by atoms with van der Waals surface area (Å²) in [6, 6.07) is 10.3. The topological polar surface area (TPSA) is 111 Å². The van der Waals surface area contributed by atoms with Gasteiger partial charge in [-0.25, -0.2) is 14.4 Å². The van der Waals surface area contributed by atoms with Crippen LogP contribution in [0.5, 0.6) is 0 Å². The molecule has 0 heterocycles. The monoisotopic (exact) mass is 715 g/mol. The van der Waals surface area contributed by atoms with Crippen LogP contribution >= 0.6 is 31.9 Å². The van der Waals surface area contributed by atoms with Crippen LogP contribution in [-0.4, -0.2) is 64.4 Å². The average molecular weight is 717 g/mol. The quantitative estimate of drug-likeness (QED) is 0.195. The van der Waals surface area contributed by atoms with Crippen molar-refractivity contribution in [1.82, 2.24) is 0 Å². The Hall–Kier alpha value is -3.13. The van der Waals surface area contributed by atoms with Crippen molar-refractivity contribution >= 4 is 67.6 Å². The first-order valence-corrected chi connectivity index (χ1v) is 13.1. The fourth-order valence-corrected chi connectivity index (χ4v) is 3.21. The van der Waals surface area contributed by atoms with Crippen LogP contribution in [0.25, 0.3) is 0 Å². The number of rotatable bonds is 4. The van der Waals surface area contributed by atoms with E-state index in [0.29, 0.717) is 23.7 Å². The lowest BCUT2D eigenvalue weighted by Gasteiger charge is -2.25. The van der Waals surface area contributed by atoms with Gasteiger partial charge < -0.3 is 19.5 Å². The molecule has 2 aromatic carbocycles. The van der Waals surface area contributed by atoms with Crippen LogP contribution < -0.4 is 10.2 Å². The molecular weight excluding hydrogens is 681 g/mol. The first-order valence-electron chi connectivity index (χ1n) is 12.2. The van der Waals surface area contributed by atoms with Gasteiger partial charge >= 0.3 is 24.2 Å². The van der Waals surface area contributed by atoms with E-state index in [4.69, 9.17) is 15.6 Å². The van der Waals surface area contributed by atoms with Crippen molar-refractivity contribution in [3.63, 3.8) is 0 Å². The van der Waals surface area contributed by atoms with Gasteiger partial charge in [0.15, 0.2) is 0 Å². The van der Waals surface area contributed by atoms with E-state index in [1.54, 1.807) is 72.1 Å². The van der Waals surface area contributed by atoms with Gasteiger partial charge in [0.25, 0.3) is 0 Å². The molecule has 1 amide bonds. The van der Waals surface area contributed by atoms with Crippen LogP contribution in [0.4, 0.5) is 29.3 Å². The lowest BCUT2D eigenvalue weighted by Crippen LogP contribution is -2.35. The molecular formula is C27H35Br2F3N2O7. The molecule has 9 nitrogen and oxygen atoms in total. The number of hydrogen-bond acceptors (Lipinski definition) is 8. The van der Waals surface area contributed by atoms with Crippen molar-refractivity contribution in [2.24, 2.45) is 0 Å². The lowest BCUT2D eigenvalue weighted by molar-refractivity contribution is -0.156. The zero-order valence-electron chi connectivity index (χ0n) is 24.9. The molecule has 0 atom stereocenters. The minimum absolute atomic E-state index is 0.295. The Morgan fingerprint density at radius 3 is 1.76 bits per heavy atom. The number of hydrogen-bond donors (Lipinski definition) is 1. The summed E-state index contributed by atoms with van der Waals surface area (Å²) >= 11 is 6.63. The summed E-state index contributed by atoms with van der Waals surface area (Å²) in [7, 11) is 5.96. The maximum atomic E-state index is 12.1. The summed E-state index contributed by atoms with van der Waals surface area (Å²) in [5, 5.41) is 2.92. The Bertz CT molecular complexity index is 1180. The fraction of sp³-hybridized carbons (Fsp3) is 0.407. The predicted molar refractivity (Wildman–Crippen MR) is 159 cm³/mol. The van der Waals surface area contributed by atoms with Gasteiger partial charge in [-0.05, 0) is 57.2 Å². The smallest absolute Gasteiger partial charge is 0.446 e. The number of esters is 2. The van der Waals surface area contributed by atoms with E-state index in [1.807, 2.05) is 6.07 Å². The first kappa shape index (κ1) is 37.9. The number of amides is 1. The van der Waals surface area contributed by atoms with Crippen LogP contribution in [0, 0.1) is 0 Å². The van der Waals surface area contributed by atoms with Gasteiger partial charge in [-0.3, -0.25) is 9.69 Å². The molecule has 0 fully saturated rings. The standard InChI is InChI=1S/C14H18BrNO4.C9H10BrNO2.C2HF3O.C2H6/c1-14(2,3)20-13(18)16(4)11-8-9(15)6-7-10(11)12(17)19-5;1-11-8-5-6(10)3-4-7(8)9(12)13-2;3-2(4,5)1-6;1-2/h6-8H,1-5H3;3-5,11H,1-2H3;1H;1-2H3/i;;;1D. The molecule has 0 bridgehead atoms. The highest BCUT2D eigenvalue weighted by Gasteiger charge is 2.25. The summed E-state index contributed by atoms with van der Waals surface area (Å²) in [5.41, 5.74) is 1.39. The molecule has 230 valence electrons. The van der Waals surface area contributed by atoms with Crippen molar-refractivity contribution in [3.05, 3.63) is 56.5 Å². The van der Waals surface area contributed by atoms with Crippen LogP contribution in [0.3, 0.4) is 0 Å². The number of benzene rings is 2. The lowest BCUT2D eigenvalue weighted by atomic mass is 10.1. The van der Waals surface area contributed by atoms with Gasteiger partial charge in [0.2, 0.25) is 6.29 Å². The summed E-state index contributed by atoms with van der Waals surface area (Å²) in [4.78, 5) is 45.0. The Morgan fingerprint density at radius 1 is 0.951 bits per heavy atom. The number of ether oxygens (including phenoxy) is 3. The third-order valence-electron chi connectivity index (χ3n) is 4.18. The SMILES string of the molecule is CNc1cc(Br)ccc1C(=O)OC.COC(=O)c1ccc(Br)cc1N(C)C(=O)OC(C)(C)C.O=CC(F)(F)F.[2H]CC. The van der Waals surface area contributed by atoms with Crippen LogP contribution in [0.15, 0.2) is 45.3 Å². The van der Waals surface area contributed by atoms with E-state index in [2.05, 4.69) is 41.9 Å². The highest BCUT2D eigenvalue weighted by Crippen LogP contribution is 2.26. The van der Waals surface area contributed by atoms with Gasteiger partial charge in [-0.15, -0.1) is 0 Å². The normalized spacial score (nSPS) is 10.4. The fourth-order valence-electron chi connectivity index (χ4n) is 2.50. The van der Waals surface area contributed by atoms with Crippen LogP contribution in [0.1, 0.15) is 56.7 Å². The third kappa shape index (κ3) is 16.0. The molecule has 41 heavy (non-hydrogen) atoms. The molecule has 0 radical (unpaired) electrons. The predicted octanol–water partition coefficient (Wildman–Crippen LogP) is 7.66. The van der Waals surface area contributed by atoms with Crippen molar-refractivity contribution in [2.45, 2.75) is 46.4 Å². The summed E-state index contributed by atoms with van der Waals surface area (Å²) in [6.45, 7) is 7.63. The van der Waals surface area contributed by atoms with E-state index in [-0.39, 0.29) is 5.97 Å². The second-order valence-corrected chi connectivity index (χ2v) is 10.1. The number of nitrogens with one attached hydrogen (secondary N) is 1. The molecule has 0 aliphatic rings. The zero-order valence-corrected chi connectivity index (χ0v) is 27.1. The molecule has 0 aromatic heterocycles. The molecule has 2 aromatic rings. The molecule has 2 rings (SSSR count). The molecule has 0 aliphatic carbocycles. The number of halogens is 5. The van der Waals surface area contributed by atoms with E-state index in [9.17, 15) is 27.6 Å². The number of methoxy groups -OCH3 is 2. The maximum Gasteiger partial charge on any atom is 0.446 e. The Morgan fingerprint density at radius 2 is 1.37 bits per heavy atom.